The third kappa shape index (κ3) is 3.15. The molecule has 0 saturated heterocycles. The second kappa shape index (κ2) is 5.06. The van der Waals surface area contributed by atoms with E-state index in [0.717, 1.165) is 12.8 Å². The second-order valence-electron chi connectivity index (χ2n) is 4.40. The number of aryl methyl sites for hydroxylation is 1. The highest BCUT2D eigenvalue weighted by Crippen LogP contribution is 2.29. The number of carbonyl (C=O) groups excluding carboxylic acids is 1. The second-order valence-corrected chi connectivity index (χ2v) is 4.40. The minimum atomic E-state index is 0.427. The summed E-state index contributed by atoms with van der Waals surface area (Å²) in [4.78, 5) is 15.6. The fourth-order valence-electron chi connectivity index (χ4n) is 1.95. The van der Waals surface area contributed by atoms with Gasteiger partial charge in [0.2, 0.25) is 0 Å². The average Bonchev–Trinajstić information content (AvgIpc) is 2.22. The van der Waals surface area contributed by atoms with Crippen LogP contribution in [0.4, 0.5) is 0 Å². The van der Waals surface area contributed by atoms with Crippen LogP contribution in [-0.4, -0.2) is 10.8 Å². The van der Waals surface area contributed by atoms with Crippen molar-refractivity contribution in [3.63, 3.8) is 0 Å². The molecule has 1 fully saturated rings. The molecule has 0 radical (unpaired) electrons. The molecular weight excluding hydrogens is 186 g/mol. The van der Waals surface area contributed by atoms with Crippen molar-refractivity contribution in [2.24, 2.45) is 5.92 Å². The van der Waals surface area contributed by atoms with Crippen LogP contribution in [-0.2, 0) is 11.2 Å². The van der Waals surface area contributed by atoms with Gasteiger partial charge in [0.1, 0.15) is 5.78 Å². The molecule has 1 aromatic rings. The van der Waals surface area contributed by atoms with Crippen LogP contribution in [0.25, 0.3) is 0 Å². The van der Waals surface area contributed by atoms with Gasteiger partial charge in [-0.3, -0.25) is 9.78 Å². The largest absolute Gasteiger partial charge is 0.300 e. The summed E-state index contributed by atoms with van der Waals surface area (Å²) in [6.07, 6.45) is 9.79. The molecule has 0 atom stereocenters. The molecule has 0 aliphatic heterocycles. The molecule has 1 aliphatic carbocycles. The Bertz CT molecular complexity index is 317. The number of rotatable bonds is 5. The van der Waals surface area contributed by atoms with Gasteiger partial charge in [-0.2, -0.15) is 0 Å². The lowest BCUT2D eigenvalue weighted by Gasteiger charge is -2.24. The lowest BCUT2D eigenvalue weighted by atomic mass is 9.81. The fraction of sp³-hybridized carbons (Fsp3) is 0.538. The van der Waals surface area contributed by atoms with E-state index in [2.05, 4.69) is 4.98 Å². The van der Waals surface area contributed by atoms with Crippen LogP contribution in [0.2, 0.25) is 0 Å². The van der Waals surface area contributed by atoms with Crippen LogP contribution < -0.4 is 0 Å². The normalized spacial score (nSPS) is 16.0. The predicted octanol–water partition coefficient (Wildman–Crippen LogP) is 2.77. The van der Waals surface area contributed by atoms with Gasteiger partial charge in [-0.15, -0.1) is 0 Å². The molecule has 2 heteroatoms. The van der Waals surface area contributed by atoms with Crippen LogP contribution >= 0.6 is 0 Å². The van der Waals surface area contributed by atoms with Gasteiger partial charge < -0.3 is 0 Å². The molecule has 80 valence electrons. The molecule has 15 heavy (non-hydrogen) atoms. The highest BCUT2D eigenvalue weighted by Gasteiger charge is 2.20. The van der Waals surface area contributed by atoms with Gasteiger partial charge in [0.25, 0.3) is 0 Å². The van der Waals surface area contributed by atoms with Gasteiger partial charge in [0, 0.05) is 25.2 Å². The minimum Gasteiger partial charge on any atom is -0.300 e. The number of aromatic nitrogens is 1. The van der Waals surface area contributed by atoms with Crippen molar-refractivity contribution in [3.8, 4) is 0 Å². The van der Waals surface area contributed by atoms with Gasteiger partial charge in [-0.05, 0) is 30.0 Å². The van der Waals surface area contributed by atoms with Gasteiger partial charge in [0.15, 0.2) is 0 Å². The quantitative estimate of drug-likeness (QED) is 0.736. The Morgan fingerprint density at radius 3 is 2.67 bits per heavy atom. The maximum absolute atomic E-state index is 11.6. The summed E-state index contributed by atoms with van der Waals surface area (Å²) in [6.45, 7) is 0. The standard InChI is InChI=1S/C13H17NO/c15-13(10-12-2-1-3-12)5-4-11-6-8-14-9-7-11/h6-9,12H,1-5,10H2. The van der Waals surface area contributed by atoms with Gasteiger partial charge >= 0.3 is 0 Å². The summed E-state index contributed by atoms with van der Waals surface area (Å²) in [5, 5.41) is 0. The molecule has 1 heterocycles. The lowest BCUT2D eigenvalue weighted by Crippen LogP contribution is -2.16. The van der Waals surface area contributed by atoms with Gasteiger partial charge in [0.05, 0.1) is 0 Å². The van der Waals surface area contributed by atoms with E-state index in [4.69, 9.17) is 0 Å². The van der Waals surface area contributed by atoms with E-state index in [1.54, 1.807) is 12.4 Å². The Balaban J connectivity index is 1.71. The molecule has 0 N–H and O–H groups in total. The molecule has 1 aromatic heterocycles. The first-order valence-corrected chi connectivity index (χ1v) is 5.75. The molecule has 0 unspecified atom stereocenters. The zero-order valence-corrected chi connectivity index (χ0v) is 8.98. The Hall–Kier alpha value is -1.18. The minimum absolute atomic E-state index is 0.427. The topological polar surface area (TPSA) is 30.0 Å². The summed E-state index contributed by atoms with van der Waals surface area (Å²) in [7, 11) is 0. The maximum Gasteiger partial charge on any atom is 0.133 e. The number of hydrogen-bond donors (Lipinski definition) is 0. The number of pyridine rings is 1. The van der Waals surface area contributed by atoms with E-state index in [1.165, 1.54) is 24.8 Å². The molecule has 0 amide bonds. The number of carbonyl (C=O) groups is 1. The van der Waals surface area contributed by atoms with Crippen LogP contribution in [0.5, 0.6) is 0 Å². The first-order chi connectivity index (χ1) is 7.34. The molecule has 0 spiro atoms. The van der Waals surface area contributed by atoms with E-state index in [-0.39, 0.29) is 0 Å². The van der Waals surface area contributed by atoms with Crippen molar-refractivity contribution in [1.82, 2.24) is 4.98 Å². The van der Waals surface area contributed by atoms with Crippen molar-refractivity contribution in [2.45, 2.75) is 38.5 Å². The Morgan fingerprint density at radius 2 is 2.07 bits per heavy atom. The molecule has 2 rings (SSSR count). The maximum atomic E-state index is 11.6. The third-order valence-corrected chi connectivity index (χ3v) is 3.18. The predicted molar refractivity (Wildman–Crippen MR) is 59.5 cm³/mol. The molecule has 0 bridgehead atoms. The third-order valence-electron chi connectivity index (χ3n) is 3.18. The Morgan fingerprint density at radius 1 is 1.33 bits per heavy atom. The summed E-state index contributed by atoms with van der Waals surface area (Å²) in [5.74, 6) is 1.13. The summed E-state index contributed by atoms with van der Waals surface area (Å²) in [5.41, 5.74) is 1.21. The highest BCUT2D eigenvalue weighted by molar-refractivity contribution is 5.78. The summed E-state index contributed by atoms with van der Waals surface area (Å²) in [6, 6.07) is 3.97. The Kier molecular flexibility index (Phi) is 3.49. The number of nitrogens with zero attached hydrogens (tertiary/aromatic N) is 1. The first kappa shape index (κ1) is 10.3. The van der Waals surface area contributed by atoms with E-state index in [0.29, 0.717) is 18.1 Å². The average molecular weight is 203 g/mol. The van der Waals surface area contributed by atoms with Crippen LogP contribution in [0, 0.1) is 5.92 Å². The van der Waals surface area contributed by atoms with Crippen molar-refractivity contribution < 1.29 is 4.79 Å². The van der Waals surface area contributed by atoms with Crippen molar-refractivity contribution in [1.29, 1.82) is 0 Å². The van der Waals surface area contributed by atoms with Crippen LogP contribution in [0.15, 0.2) is 24.5 Å². The Labute approximate surface area is 90.7 Å². The molecule has 0 aromatic carbocycles. The SMILES string of the molecule is O=C(CCc1ccncc1)CC1CCC1. The van der Waals surface area contributed by atoms with Crippen molar-refractivity contribution in [3.05, 3.63) is 30.1 Å². The number of hydrogen-bond acceptors (Lipinski definition) is 2. The van der Waals surface area contributed by atoms with Crippen molar-refractivity contribution >= 4 is 5.78 Å². The van der Waals surface area contributed by atoms with Gasteiger partial charge in [-0.1, -0.05) is 19.3 Å². The molecule has 2 nitrogen and oxygen atoms in total. The van der Waals surface area contributed by atoms with E-state index >= 15 is 0 Å². The van der Waals surface area contributed by atoms with E-state index in [9.17, 15) is 4.79 Å². The summed E-state index contributed by atoms with van der Waals surface area (Å²) < 4.78 is 0. The van der Waals surface area contributed by atoms with E-state index < -0.39 is 0 Å². The van der Waals surface area contributed by atoms with Gasteiger partial charge in [-0.25, -0.2) is 0 Å². The highest BCUT2D eigenvalue weighted by atomic mass is 16.1. The zero-order valence-electron chi connectivity index (χ0n) is 8.98. The number of Topliss-reactive ketones (excluding diaryl/α,β-unsaturated/α-hetero) is 1. The summed E-state index contributed by atoms with van der Waals surface area (Å²) >= 11 is 0. The molecular formula is C13H17NO. The lowest BCUT2D eigenvalue weighted by molar-refractivity contribution is -0.120. The number of ketones is 1. The monoisotopic (exact) mass is 203 g/mol. The van der Waals surface area contributed by atoms with E-state index in [1.807, 2.05) is 12.1 Å². The van der Waals surface area contributed by atoms with Crippen LogP contribution in [0.1, 0.15) is 37.7 Å². The van der Waals surface area contributed by atoms with Crippen LogP contribution in [0.3, 0.4) is 0 Å². The fourth-order valence-corrected chi connectivity index (χ4v) is 1.95. The molecule has 1 aliphatic rings. The smallest absolute Gasteiger partial charge is 0.133 e. The molecule has 1 saturated carbocycles. The first-order valence-electron chi connectivity index (χ1n) is 5.75. The zero-order chi connectivity index (χ0) is 10.5. The van der Waals surface area contributed by atoms with Crippen molar-refractivity contribution in [2.75, 3.05) is 0 Å².